The Morgan fingerprint density at radius 3 is 2.46 bits per heavy atom. The Labute approximate surface area is 171 Å². The van der Waals surface area contributed by atoms with E-state index in [4.69, 9.17) is 16.6 Å². The second kappa shape index (κ2) is 7.89. The Morgan fingerprint density at radius 2 is 1.79 bits per heavy atom. The van der Waals surface area contributed by atoms with E-state index in [0.717, 1.165) is 28.1 Å². The summed E-state index contributed by atoms with van der Waals surface area (Å²) in [6.45, 7) is 1.39. The minimum absolute atomic E-state index is 0.00838. The number of carbonyl (C=O) groups is 2. The van der Waals surface area contributed by atoms with Gasteiger partial charge in [-0.25, -0.2) is 9.78 Å². The zero-order valence-electron chi connectivity index (χ0n) is 15.4. The van der Waals surface area contributed by atoms with Crippen LogP contribution in [0.25, 0.3) is 10.2 Å². The van der Waals surface area contributed by atoms with Crippen molar-refractivity contribution in [2.45, 2.75) is 18.8 Å². The highest BCUT2D eigenvalue weighted by Crippen LogP contribution is 2.35. The van der Waals surface area contributed by atoms with Gasteiger partial charge in [0.15, 0.2) is 0 Å². The fraction of sp³-hybridized carbons (Fsp3) is 0.286. The van der Waals surface area contributed by atoms with Gasteiger partial charge in [-0.15, -0.1) is 11.3 Å². The first-order valence-electron chi connectivity index (χ1n) is 9.09. The normalized spacial score (nSPS) is 15.0. The van der Waals surface area contributed by atoms with Crippen LogP contribution in [0, 0.1) is 0 Å². The van der Waals surface area contributed by atoms with Gasteiger partial charge in [0, 0.05) is 29.6 Å². The number of amides is 1. The van der Waals surface area contributed by atoms with Gasteiger partial charge in [-0.3, -0.25) is 4.79 Å². The van der Waals surface area contributed by atoms with Gasteiger partial charge in [0.2, 0.25) is 0 Å². The minimum atomic E-state index is -0.406. The van der Waals surface area contributed by atoms with E-state index < -0.39 is 5.97 Å². The lowest BCUT2D eigenvalue weighted by Gasteiger charge is -2.31. The van der Waals surface area contributed by atoms with Crippen LogP contribution in [0.4, 0.5) is 0 Å². The second-order valence-electron chi connectivity index (χ2n) is 6.80. The van der Waals surface area contributed by atoms with E-state index >= 15 is 0 Å². The number of piperidine rings is 1. The van der Waals surface area contributed by atoms with E-state index in [9.17, 15) is 9.59 Å². The van der Waals surface area contributed by atoms with E-state index in [1.54, 1.807) is 35.6 Å². The summed E-state index contributed by atoms with van der Waals surface area (Å²) in [6, 6.07) is 12.4. The smallest absolute Gasteiger partial charge is 0.337 e. The largest absolute Gasteiger partial charge is 0.465 e. The quantitative estimate of drug-likeness (QED) is 0.580. The van der Waals surface area contributed by atoms with Crippen molar-refractivity contribution in [3.63, 3.8) is 0 Å². The standard InChI is InChI=1S/C21H19ClN2O3S/c1-27-21(26)15-4-2-14(3-5-15)20(25)24-10-8-13(9-11-24)19-23-17-12-16(22)6-7-18(17)28-19/h2-7,12-13H,8-11H2,1H3. The lowest BCUT2D eigenvalue weighted by Crippen LogP contribution is -2.37. The fourth-order valence-corrected chi connectivity index (χ4v) is 4.76. The van der Waals surface area contributed by atoms with Crippen LogP contribution in [0.15, 0.2) is 42.5 Å². The molecule has 5 nitrogen and oxygen atoms in total. The maximum absolute atomic E-state index is 12.8. The molecule has 3 aromatic rings. The number of hydrogen-bond acceptors (Lipinski definition) is 5. The summed E-state index contributed by atoms with van der Waals surface area (Å²) in [5, 5.41) is 1.81. The average Bonchev–Trinajstić information content (AvgIpc) is 3.16. The van der Waals surface area contributed by atoms with E-state index in [1.165, 1.54) is 7.11 Å². The van der Waals surface area contributed by atoms with Crippen molar-refractivity contribution in [3.05, 3.63) is 63.6 Å². The summed E-state index contributed by atoms with van der Waals surface area (Å²) in [7, 11) is 1.34. The van der Waals surface area contributed by atoms with Crippen molar-refractivity contribution in [2.75, 3.05) is 20.2 Å². The van der Waals surface area contributed by atoms with Crippen LogP contribution >= 0.6 is 22.9 Å². The molecule has 1 aromatic heterocycles. The molecule has 144 valence electrons. The number of halogens is 1. The molecule has 28 heavy (non-hydrogen) atoms. The van der Waals surface area contributed by atoms with Crippen molar-refractivity contribution in [1.82, 2.24) is 9.88 Å². The third kappa shape index (κ3) is 3.75. The van der Waals surface area contributed by atoms with E-state index in [0.29, 0.717) is 35.2 Å². The van der Waals surface area contributed by atoms with Crippen molar-refractivity contribution >= 4 is 45.0 Å². The summed E-state index contributed by atoms with van der Waals surface area (Å²) in [5.41, 5.74) is 1.96. The minimum Gasteiger partial charge on any atom is -0.465 e. The number of likely N-dealkylation sites (tertiary alicyclic amines) is 1. The number of fused-ring (bicyclic) bond motifs is 1. The second-order valence-corrected chi connectivity index (χ2v) is 8.30. The molecule has 4 rings (SSSR count). The highest BCUT2D eigenvalue weighted by Gasteiger charge is 2.26. The molecule has 0 saturated carbocycles. The van der Waals surface area contributed by atoms with Crippen LogP contribution in [0.3, 0.4) is 0 Å². The van der Waals surface area contributed by atoms with E-state index in [1.807, 2.05) is 23.1 Å². The number of rotatable bonds is 3. The lowest BCUT2D eigenvalue weighted by atomic mass is 9.97. The molecular formula is C21H19ClN2O3S. The molecule has 1 aliphatic heterocycles. The Morgan fingerprint density at radius 1 is 1.11 bits per heavy atom. The monoisotopic (exact) mass is 414 g/mol. The highest BCUT2D eigenvalue weighted by atomic mass is 35.5. The van der Waals surface area contributed by atoms with Crippen LogP contribution < -0.4 is 0 Å². The summed E-state index contributed by atoms with van der Waals surface area (Å²) in [5.74, 6) is -0.0511. The summed E-state index contributed by atoms with van der Waals surface area (Å²) in [4.78, 5) is 30.9. The number of nitrogens with zero attached hydrogens (tertiary/aromatic N) is 2. The molecule has 1 fully saturated rings. The molecule has 0 N–H and O–H groups in total. The number of aromatic nitrogens is 1. The van der Waals surface area contributed by atoms with Crippen molar-refractivity contribution < 1.29 is 14.3 Å². The fourth-order valence-electron chi connectivity index (χ4n) is 3.47. The topological polar surface area (TPSA) is 59.5 Å². The van der Waals surface area contributed by atoms with Crippen LogP contribution in [-0.2, 0) is 4.74 Å². The van der Waals surface area contributed by atoms with Gasteiger partial charge in [-0.2, -0.15) is 0 Å². The van der Waals surface area contributed by atoms with Crippen molar-refractivity contribution in [3.8, 4) is 0 Å². The Bertz CT molecular complexity index is 1020. The molecule has 1 saturated heterocycles. The molecule has 0 unspecified atom stereocenters. The first kappa shape index (κ1) is 18.9. The van der Waals surface area contributed by atoms with Crippen LogP contribution in [0.5, 0.6) is 0 Å². The van der Waals surface area contributed by atoms with Gasteiger partial charge in [0.05, 0.1) is 27.9 Å². The van der Waals surface area contributed by atoms with Gasteiger partial charge in [-0.05, 0) is 55.3 Å². The van der Waals surface area contributed by atoms with Crippen molar-refractivity contribution in [1.29, 1.82) is 0 Å². The number of thiazole rings is 1. The Kier molecular flexibility index (Phi) is 5.33. The molecule has 0 atom stereocenters. The zero-order chi connectivity index (χ0) is 19.7. The third-order valence-corrected chi connectivity index (χ3v) is 6.48. The Balaban J connectivity index is 1.41. The lowest BCUT2D eigenvalue weighted by molar-refractivity contribution is 0.0599. The number of hydrogen-bond donors (Lipinski definition) is 0. The van der Waals surface area contributed by atoms with Gasteiger partial charge in [0.25, 0.3) is 5.91 Å². The first-order chi connectivity index (χ1) is 13.5. The zero-order valence-corrected chi connectivity index (χ0v) is 16.9. The number of methoxy groups -OCH3 is 1. The van der Waals surface area contributed by atoms with Crippen LogP contribution in [0.1, 0.15) is 44.5 Å². The molecule has 0 radical (unpaired) electrons. The highest BCUT2D eigenvalue weighted by molar-refractivity contribution is 7.18. The summed E-state index contributed by atoms with van der Waals surface area (Å²) >= 11 is 7.76. The van der Waals surface area contributed by atoms with E-state index in [-0.39, 0.29) is 5.91 Å². The van der Waals surface area contributed by atoms with Gasteiger partial charge < -0.3 is 9.64 Å². The van der Waals surface area contributed by atoms with Gasteiger partial charge >= 0.3 is 5.97 Å². The van der Waals surface area contributed by atoms with Gasteiger partial charge in [-0.1, -0.05) is 11.6 Å². The molecule has 0 bridgehead atoms. The van der Waals surface area contributed by atoms with E-state index in [2.05, 4.69) is 4.74 Å². The molecule has 7 heteroatoms. The maximum atomic E-state index is 12.8. The number of esters is 1. The van der Waals surface area contributed by atoms with Crippen LogP contribution in [-0.4, -0.2) is 42.0 Å². The summed E-state index contributed by atoms with van der Waals surface area (Å²) in [6.07, 6.45) is 1.78. The number of carbonyl (C=O) groups excluding carboxylic acids is 2. The molecule has 1 aliphatic rings. The molecule has 0 spiro atoms. The molecule has 2 aromatic carbocycles. The molecule has 2 heterocycles. The first-order valence-corrected chi connectivity index (χ1v) is 10.3. The third-order valence-electron chi connectivity index (χ3n) is 5.05. The molecule has 1 amide bonds. The van der Waals surface area contributed by atoms with Crippen LogP contribution in [0.2, 0.25) is 5.02 Å². The molecular weight excluding hydrogens is 396 g/mol. The Hall–Kier alpha value is -2.44. The number of benzene rings is 2. The maximum Gasteiger partial charge on any atom is 0.337 e. The SMILES string of the molecule is COC(=O)c1ccc(C(=O)N2CCC(c3nc4cc(Cl)ccc4s3)CC2)cc1. The summed E-state index contributed by atoms with van der Waals surface area (Å²) < 4.78 is 5.83. The molecule has 0 aliphatic carbocycles. The number of ether oxygens (including phenoxy) is 1. The predicted octanol–water partition coefficient (Wildman–Crippen LogP) is 4.76. The predicted molar refractivity (Wildman–Crippen MR) is 110 cm³/mol. The van der Waals surface area contributed by atoms with Gasteiger partial charge in [0.1, 0.15) is 0 Å². The van der Waals surface area contributed by atoms with Crippen molar-refractivity contribution in [2.24, 2.45) is 0 Å². The average molecular weight is 415 g/mol.